The van der Waals surface area contributed by atoms with Crippen LogP contribution in [0.15, 0.2) is 18.2 Å². The van der Waals surface area contributed by atoms with Crippen LogP contribution < -0.4 is 15.5 Å². The van der Waals surface area contributed by atoms with Crippen molar-refractivity contribution in [1.29, 1.82) is 0 Å². The molecule has 1 aromatic rings. The Kier molecular flexibility index (Phi) is 5.97. The average molecular weight is 319 g/mol. The molecule has 0 unspecified atom stereocenters. The molecule has 3 N–H and O–H groups in total. The van der Waals surface area contributed by atoms with Crippen molar-refractivity contribution in [1.82, 2.24) is 5.32 Å². The van der Waals surface area contributed by atoms with E-state index in [0.717, 1.165) is 39.4 Å². The van der Waals surface area contributed by atoms with Crippen LogP contribution in [0.2, 0.25) is 5.02 Å². The number of quaternary nitrogens is 1. The molecule has 0 aliphatic carbocycles. The van der Waals surface area contributed by atoms with E-state index in [9.17, 15) is 4.39 Å². The third kappa shape index (κ3) is 4.86. The molecule has 0 atom stereocenters. The number of benzene rings is 1. The SMILES string of the molecule is Fc1ccc(NC(=S)NCC[NH+]2CCOCC2)c(Cl)c1. The summed E-state index contributed by atoms with van der Waals surface area (Å²) in [6.45, 7) is 5.48. The zero-order valence-electron chi connectivity index (χ0n) is 11.0. The molecule has 0 aromatic heterocycles. The van der Waals surface area contributed by atoms with Gasteiger partial charge in [-0.2, -0.15) is 0 Å². The van der Waals surface area contributed by atoms with Crippen molar-refractivity contribution in [3.63, 3.8) is 0 Å². The van der Waals surface area contributed by atoms with Crippen molar-refractivity contribution in [2.75, 3.05) is 44.7 Å². The summed E-state index contributed by atoms with van der Waals surface area (Å²) in [4.78, 5) is 1.51. The fourth-order valence-corrected chi connectivity index (χ4v) is 2.45. The second-order valence-corrected chi connectivity index (χ2v) is 5.43. The molecule has 1 fully saturated rings. The maximum absolute atomic E-state index is 12.9. The summed E-state index contributed by atoms with van der Waals surface area (Å²) in [6, 6.07) is 4.16. The van der Waals surface area contributed by atoms with Crippen LogP contribution in [0.3, 0.4) is 0 Å². The molecule has 20 heavy (non-hydrogen) atoms. The Morgan fingerprint density at radius 1 is 1.40 bits per heavy atom. The van der Waals surface area contributed by atoms with Crippen molar-refractivity contribution < 1.29 is 14.0 Å². The molecule has 110 valence electrons. The van der Waals surface area contributed by atoms with Gasteiger partial charge in [-0.05, 0) is 30.4 Å². The molecular weight excluding hydrogens is 301 g/mol. The molecular formula is C13H18ClFN3OS+. The van der Waals surface area contributed by atoms with Crippen molar-refractivity contribution in [3.8, 4) is 0 Å². The van der Waals surface area contributed by atoms with Crippen LogP contribution in [0.1, 0.15) is 0 Å². The summed E-state index contributed by atoms with van der Waals surface area (Å²) in [5, 5.41) is 6.89. The first-order valence-electron chi connectivity index (χ1n) is 6.56. The third-order valence-corrected chi connectivity index (χ3v) is 3.70. The quantitative estimate of drug-likeness (QED) is 0.714. The third-order valence-electron chi connectivity index (χ3n) is 3.14. The number of hydrogen-bond acceptors (Lipinski definition) is 2. The molecule has 0 amide bonds. The van der Waals surface area contributed by atoms with Gasteiger partial charge in [0.2, 0.25) is 0 Å². The van der Waals surface area contributed by atoms with E-state index in [1.165, 1.54) is 17.0 Å². The summed E-state index contributed by atoms with van der Waals surface area (Å²) < 4.78 is 18.2. The fourth-order valence-electron chi connectivity index (χ4n) is 2.02. The predicted molar refractivity (Wildman–Crippen MR) is 82.0 cm³/mol. The van der Waals surface area contributed by atoms with Gasteiger partial charge in [0.25, 0.3) is 0 Å². The number of thiocarbonyl (C=S) groups is 1. The molecule has 4 nitrogen and oxygen atoms in total. The van der Waals surface area contributed by atoms with Gasteiger partial charge in [0.15, 0.2) is 5.11 Å². The lowest BCUT2D eigenvalue weighted by Crippen LogP contribution is -3.14. The number of hydrogen-bond donors (Lipinski definition) is 3. The van der Waals surface area contributed by atoms with E-state index in [1.807, 2.05) is 0 Å². The van der Waals surface area contributed by atoms with Gasteiger partial charge in [0, 0.05) is 0 Å². The molecule has 1 aliphatic rings. The van der Waals surface area contributed by atoms with E-state index in [0.29, 0.717) is 15.8 Å². The van der Waals surface area contributed by atoms with E-state index in [2.05, 4.69) is 10.6 Å². The topological polar surface area (TPSA) is 37.7 Å². The minimum absolute atomic E-state index is 0.313. The monoisotopic (exact) mass is 318 g/mol. The first-order chi connectivity index (χ1) is 9.65. The molecule has 0 radical (unpaired) electrons. The first-order valence-corrected chi connectivity index (χ1v) is 7.35. The van der Waals surface area contributed by atoms with Gasteiger partial charge < -0.3 is 20.3 Å². The molecule has 0 saturated carbocycles. The van der Waals surface area contributed by atoms with Crippen LogP contribution >= 0.6 is 23.8 Å². The van der Waals surface area contributed by atoms with Gasteiger partial charge in [0.05, 0.1) is 37.0 Å². The fraction of sp³-hybridized carbons (Fsp3) is 0.462. The van der Waals surface area contributed by atoms with Crippen molar-refractivity contribution in [2.24, 2.45) is 0 Å². The number of rotatable bonds is 4. The number of ether oxygens (including phenoxy) is 1. The Morgan fingerprint density at radius 3 is 2.85 bits per heavy atom. The summed E-state index contributed by atoms with van der Waals surface area (Å²) in [6.07, 6.45) is 0. The van der Waals surface area contributed by atoms with Crippen molar-refractivity contribution >= 4 is 34.6 Å². The number of morpholine rings is 1. The summed E-state index contributed by atoms with van der Waals surface area (Å²) >= 11 is 11.1. The highest BCUT2D eigenvalue weighted by Gasteiger charge is 2.13. The molecule has 0 spiro atoms. The van der Waals surface area contributed by atoms with Crippen LogP contribution in [-0.2, 0) is 4.74 Å². The van der Waals surface area contributed by atoms with E-state index >= 15 is 0 Å². The maximum Gasteiger partial charge on any atom is 0.171 e. The molecule has 1 saturated heterocycles. The van der Waals surface area contributed by atoms with Crippen LogP contribution in [-0.4, -0.2) is 44.5 Å². The second-order valence-electron chi connectivity index (χ2n) is 4.62. The lowest BCUT2D eigenvalue weighted by Gasteiger charge is -2.24. The maximum atomic E-state index is 12.9. The van der Waals surface area contributed by atoms with E-state index in [4.69, 9.17) is 28.6 Å². The number of halogens is 2. The van der Waals surface area contributed by atoms with Crippen LogP contribution in [0, 0.1) is 5.82 Å². The minimum Gasteiger partial charge on any atom is -0.370 e. The average Bonchev–Trinajstić information content (AvgIpc) is 2.43. The summed E-state index contributed by atoms with van der Waals surface area (Å²) in [5.74, 6) is -0.365. The Morgan fingerprint density at radius 2 is 2.15 bits per heavy atom. The zero-order valence-corrected chi connectivity index (χ0v) is 12.6. The van der Waals surface area contributed by atoms with Gasteiger partial charge >= 0.3 is 0 Å². The predicted octanol–water partition coefficient (Wildman–Crippen LogP) is 0.681. The summed E-state index contributed by atoms with van der Waals surface area (Å²) in [7, 11) is 0. The van der Waals surface area contributed by atoms with Crippen LogP contribution in [0.25, 0.3) is 0 Å². The minimum atomic E-state index is -0.365. The molecule has 0 bridgehead atoms. The van der Waals surface area contributed by atoms with E-state index in [1.54, 1.807) is 6.07 Å². The Balaban J connectivity index is 1.72. The molecule has 1 aliphatic heterocycles. The smallest absolute Gasteiger partial charge is 0.171 e. The van der Waals surface area contributed by atoms with E-state index in [-0.39, 0.29) is 5.82 Å². The largest absolute Gasteiger partial charge is 0.370 e. The van der Waals surface area contributed by atoms with Crippen LogP contribution in [0.5, 0.6) is 0 Å². The van der Waals surface area contributed by atoms with Gasteiger partial charge in [-0.25, -0.2) is 4.39 Å². The molecule has 1 aromatic carbocycles. The van der Waals surface area contributed by atoms with Gasteiger partial charge in [-0.1, -0.05) is 11.6 Å². The lowest BCUT2D eigenvalue weighted by molar-refractivity contribution is -0.906. The number of nitrogens with one attached hydrogen (secondary N) is 3. The Bertz CT molecular complexity index is 469. The van der Waals surface area contributed by atoms with Gasteiger partial charge in [-0.15, -0.1) is 0 Å². The Hall–Kier alpha value is -0.950. The van der Waals surface area contributed by atoms with Gasteiger partial charge in [0.1, 0.15) is 18.9 Å². The Labute approximate surface area is 128 Å². The second kappa shape index (κ2) is 7.73. The van der Waals surface area contributed by atoms with Crippen molar-refractivity contribution in [3.05, 3.63) is 29.0 Å². The number of anilines is 1. The molecule has 2 rings (SSSR count). The van der Waals surface area contributed by atoms with Crippen molar-refractivity contribution in [2.45, 2.75) is 0 Å². The standard InChI is InChI=1S/C13H17ClFN3OS/c14-11-9-10(15)1-2-12(11)17-13(20)16-3-4-18-5-7-19-8-6-18/h1-2,9H,3-8H2,(H2,16,17,20)/p+1. The van der Waals surface area contributed by atoms with E-state index < -0.39 is 0 Å². The highest BCUT2D eigenvalue weighted by atomic mass is 35.5. The van der Waals surface area contributed by atoms with Crippen LogP contribution in [0.4, 0.5) is 10.1 Å². The zero-order chi connectivity index (χ0) is 14.4. The first kappa shape index (κ1) is 15.4. The highest BCUT2D eigenvalue weighted by Crippen LogP contribution is 2.22. The lowest BCUT2D eigenvalue weighted by atomic mass is 10.3. The molecule has 7 heteroatoms. The normalized spacial score (nSPS) is 15.9. The summed E-state index contributed by atoms with van der Waals surface area (Å²) in [5.41, 5.74) is 0.601. The molecule has 1 heterocycles. The highest BCUT2D eigenvalue weighted by molar-refractivity contribution is 7.80. The van der Waals surface area contributed by atoms with Gasteiger partial charge in [-0.3, -0.25) is 0 Å².